The van der Waals surface area contributed by atoms with Gasteiger partial charge in [-0.15, -0.1) is 12.4 Å². The molecule has 1 saturated carbocycles. The molecule has 0 unspecified atom stereocenters. The van der Waals surface area contributed by atoms with E-state index >= 15 is 0 Å². The maximum absolute atomic E-state index is 11.8. The van der Waals surface area contributed by atoms with E-state index in [1.165, 1.54) is 0 Å². The van der Waals surface area contributed by atoms with Crippen molar-refractivity contribution >= 4 is 24.2 Å². The van der Waals surface area contributed by atoms with Crippen molar-refractivity contribution < 1.29 is 9.59 Å². The van der Waals surface area contributed by atoms with Gasteiger partial charge < -0.3 is 16.4 Å². The van der Waals surface area contributed by atoms with E-state index in [2.05, 4.69) is 10.6 Å². The molecule has 0 aliphatic heterocycles. The van der Waals surface area contributed by atoms with Crippen LogP contribution in [0.25, 0.3) is 0 Å². The summed E-state index contributed by atoms with van der Waals surface area (Å²) in [4.78, 5) is 23.1. The van der Waals surface area contributed by atoms with Crippen molar-refractivity contribution in [2.45, 2.75) is 51.0 Å². The van der Waals surface area contributed by atoms with Crippen LogP contribution in [0.3, 0.4) is 0 Å². The van der Waals surface area contributed by atoms with Crippen molar-refractivity contribution in [1.82, 2.24) is 10.6 Å². The summed E-state index contributed by atoms with van der Waals surface area (Å²) in [5, 5.41) is 5.51. The number of carbonyl (C=O) groups is 2. The SMILES string of the molecule is CCCNC(=O)CCNC(=O)C1(N)CCCC1.Cl. The predicted molar refractivity (Wildman–Crippen MR) is 73.6 cm³/mol. The highest BCUT2D eigenvalue weighted by atomic mass is 35.5. The second-order valence-electron chi connectivity index (χ2n) is 4.72. The molecule has 0 radical (unpaired) electrons. The molecule has 5 nitrogen and oxygen atoms in total. The average Bonchev–Trinajstić information content (AvgIpc) is 2.74. The summed E-state index contributed by atoms with van der Waals surface area (Å²) in [7, 11) is 0. The summed E-state index contributed by atoms with van der Waals surface area (Å²) in [6.45, 7) is 3.06. The highest BCUT2D eigenvalue weighted by molar-refractivity contribution is 5.87. The standard InChI is InChI=1S/C12H23N3O2.ClH/c1-2-8-14-10(16)5-9-15-11(17)12(13)6-3-4-7-12;/h2-9,13H2,1H3,(H,14,16)(H,15,17);1H. The zero-order valence-electron chi connectivity index (χ0n) is 11.0. The first kappa shape index (κ1) is 17.2. The van der Waals surface area contributed by atoms with Gasteiger partial charge in [-0.05, 0) is 19.3 Å². The monoisotopic (exact) mass is 277 g/mol. The van der Waals surface area contributed by atoms with Gasteiger partial charge in [0, 0.05) is 19.5 Å². The fourth-order valence-electron chi connectivity index (χ4n) is 2.05. The van der Waals surface area contributed by atoms with Crippen LogP contribution < -0.4 is 16.4 Å². The van der Waals surface area contributed by atoms with Crippen molar-refractivity contribution in [2.75, 3.05) is 13.1 Å². The van der Waals surface area contributed by atoms with Crippen LogP contribution >= 0.6 is 12.4 Å². The smallest absolute Gasteiger partial charge is 0.240 e. The number of nitrogens with two attached hydrogens (primary N) is 1. The fraction of sp³-hybridized carbons (Fsp3) is 0.833. The van der Waals surface area contributed by atoms with E-state index in [9.17, 15) is 9.59 Å². The molecule has 4 N–H and O–H groups in total. The van der Waals surface area contributed by atoms with Gasteiger partial charge in [0.1, 0.15) is 0 Å². The van der Waals surface area contributed by atoms with Crippen LogP contribution in [0.15, 0.2) is 0 Å². The van der Waals surface area contributed by atoms with E-state index in [1.54, 1.807) is 0 Å². The normalized spacial score (nSPS) is 16.8. The summed E-state index contributed by atoms with van der Waals surface area (Å²) in [6, 6.07) is 0. The van der Waals surface area contributed by atoms with Gasteiger partial charge in [-0.2, -0.15) is 0 Å². The Bertz CT molecular complexity index is 278. The van der Waals surface area contributed by atoms with Gasteiger partial charge in [-0.1, -0.05) is 19.8 Å². The molecule has 106 valence electrons. The molecule has 0 bridgehead atoms. The Balaban J connectivity index is 0.00000289. The van der Waals surface area contributed by atoms with Crippen LogP contribution in [-0.4, -0.2) is 30.4 Å². The minimum Gasteiger partial charge on any atom is -0.356 e. The van der Waals surface area contributed by atoms with Crippen LogP contribution in [0, 0.1) is 0 Å². The van der Waals surface area contributed by atoms with Crippen molar-refractivity contribution in [3.05, 3.63) is 0 Å². The van der Waals surface area contributed by atoms with Crippen molar-refractivity contribution in [2.24, 2.45) is 5.73 Å². The summed E-state index contributed by atoms with van der Waals surface area (Å²) in [5.41, 5.74) is 5.29. The fourth-order valence-corrected chi connectivity index (χ4v) is 2.05. The second kappa shape index (κ2) is 8.32. The van der Waals surface area contributed by atoms with Gasteiger partial charge in [0.2, 0.25) is 11.8 Å². The van der Waals surface area contributed by atoms with Gasteiger partial charge in [-0.25, -0.2) is 0 Å². The Labute approximate surface area is 115 Å². The van der Waals surface area contributed by atoms with E-state index < -0.39 is 5.54 Å². The van der Waals surface area contributed by atoms with Crippen molar-refractivity contribution in [3.8, 4) is 0 Å². The van der Waals surface area contributed by atoms with Gasteiger partial charge in [0.25, 0.3) is 0 Å². The molecule has 0 heterocycles. The van der Waals surface area contributed by atoms with Crippen LogP contribution in [0.1, 0.15) is 45.4 Å². The molecule has 1 rings (SSSR count). The lowest BCUT2D eigenvalue weighted by molar-refractivity contribution is -0.126. The maximum Gasteiger partial charge on any atom is 0.240 e. The predicted octanol–water partition coefficient (Wildman–Crippen LogP) is 0.712. The van der Waals surface area contributed by atoms with Gasteiger partial charge in [0.05, 0.1) is 5.54 Å². The number of halogens is 1. The molecule has 0 aromatic rings. The average molecular weight is 278 g/mol. The van der Waals surface area contributed by atoms with Crippen LogP contribution in [0.2, 0.25) is 0 Å². The molecule has 1 aliphatic carbocycles. The van der Waals surface area contributed by atoms with E-state index in [0.29, 0.717) is 19.5 Å². The number of rotatable bonds is 6. The Hall–Kier alpha value is -0.810. The second-order valence-corrected chi connectivity index (χ2v) is 4.72. The van der Waals surface area contributed by atoms with Gasteiger partial charge >= 0.3 is 0 Å². The molecule has 18 heavy (non-hydrogen) atoms. The maximum atomic E-state index is 11.8. The van der Waals surface area contributed by atoms with Crippen molar-refractivity contribution in [1.29, 1.82) is 0 Å². The van der Waals surface area contributed by atoms with Crippen LogP contribution in [-0.2, 0) is 9.59 Å². The lowest BCUT2D eigenvalue weighted by Crippen LogP contribution is -2.52. The molecule has 1 fully saturated rings. The lowest BCUT2D eigenvalue weighted by atomic mass is 9.98. The van der Waals surface area contributed by atoms with Gasteiger partial charge in [-0.3, -0.25) is 9.59 Å². The molecule has 0 aromatic carbocycles. The molecular weight excluding hydrogens is 254 g/mol. The number of amides is 2. The minimum atomic E-state index is -0.695. The lowest BCUT2D eigenvalue weighted by Gasteiger charge is -2.22. The number of hydrogen-bond acceptors (Lipinski definition) is 3. The highest BCUT2D eigenvalue weighted by Crippen LogP contribution is 2.27. The van der Waals surface area contributed by atoms with E-state index in [4.69, 9.17) is 5.73 Å². The Morgan fingerprint density at radius 3 is 2.33 bits per heavy atom. The number of carbonyl (C=O) groups excluding carboxylic acids is 2. The molecule has 6 heteroatoms. The van der Waals surface area contributed by atoms with E-state index in [1.807, 2.05) is 6.92 Å². The molecule has 0 atom stereocenters. The van der Waals surface area contributed by atoms with Crippen molar-refractivity contribution in [3.63, 3.8) is 0 Å². The third kappa shape index (κ3) is 5.23. The van der Waals surface area contributed by atoms with E-state index in [0.717, 1.165) is 32.1 Å². The minimum absolute atomic E-state index is 0. The molecule has 0 saturated heterocycles. The van der Waals surface area contributed by atoms with Gasteiger partial charge in [0.15, 0.2) is 0 Å². The summed E-state index contributed by atoms with van der Waals surface area (Å²) < 4.78 is 0. The zero-order chi connectivity index (χ0) is 12.7. The van der Waals surface area contributed by atoms with E-state index in [-0.39, 0.29) is 24.2 Å². The highest BCUT2D eigenvalue weighted by Gasteiger charge is 2.36. The topological polar surface area (TPSA) is 84.2 Å². The first-order chi connectivity index (χ1) is 8.08. The quantitative estimate of drug-likeness (QED) is 0.669. The first-order valence-corrected chi connectivity index (χ1v) is 6.42. The largest absolute Gasteiger partial charge is 0.356 e. The Kier molecular flexibility index (Phi) is 7.95. The Morgan fingerprint density at radius 1 is 1.17 bits per heavy atom. The number of nitrogens with one attached hydrogen (secondary N) is 2. The third-order valence-electron chi connectivity index (χ3n) is 3.16. The Morgan fingerprint density at radius 2 is 1.78 bits per heavy atom. The first-order valence-electron chi connectivity index (χ1n) is 6.42. The van der Waals surface area contributed by atoms with Crippen LogP contribution in [0.4, 0.5) is 0 Å². The zero-order valence-corrected chi connectivity index (χ0v) is 11.8. The summed E-state index contributed by atoms with van der Waals surface area (Å²) >= 11 is 0. The summed E-state index contributed by atoms with van der Waals surface area (Å²) in [5.74, 6) is -0.136. The molecule has 1 aliphatic rings. The molecular formula is C12H24ClN3O2. The molecule has 0 spiro atoms. The molecule has 2 amide bonds. The van der Waals surface area contributed by atoms with Crippen LogP contribution in [0.5, 0.6) is 0 Å². The number of hydrogen-bond donors (Lipinski definition) is 3. The molecule has 0 aromatic heterocycles. The third-order valence-corrected chi connectivity index (χ3v) is 3.16. The summed E-state index contributed by atoms with van der Waals surface area (Å²) in [6.07, 6.45) is 4.77.